The smallest absolute Gasteiger partial charge is 0.434 e. The highest BCUT2D eigenvalue weighted by Crippen LogP contribution is 2.44. The lowest BCUT2D eigenvalue weighted by Gasteiger charge is -2.32. The number of methoxy groups -OCH3 is 1. The van der Waals surface area contributed by atoms with E-state index in [1.165, 1.54) is 5.56 Å². The van der Waals surface area contributed by atoms with Crippen LogP contribution in [0.5, 0.6) is 5.75 Å². The number of nitrogens with zero attached hydrogens (tertiary/aromatic N) is 2. The standard InChI is InChI=1S/C20H25F3N4OS/c1-24-18(25-11-17-27-16(12-29-17)20(21,22)23)26-13-19(9-5-6-10-19)14-7-3-4-8-15(14)28-2/h3-4,7-8,12H,5-6,9-11,13H2,1-2H3,(H2,24,25,26). The van der Waals surface area contributed by atoms with Crippen molar-refractivity contribution in [1.29, 1.82) is 0 Å². The van der Waals surface area contributed by atoms with Crippen LogP contribution in [0.1, 0.15) is 41.9 Å². The SMILES string of the molecule is CN=C(NCc1nc(C(F)(F)F)cs1)NCC1(c2ccccc2OC)CCCC1. The summed E-state index contributed by atoms with van der Waals surface area (Å²) in [5, 5.41) is 7.80. The molecule has 0 spiro atoms. The van der Waals surface area contributed by atoms with Gasteiger partial charge >= 0.3 is 6.18 Å². The normalized spacial score (nSPS) is 16.7. The molecule has 2 aromatic rings. The number of benzene rings is 1. The molecule has 2 N–H and O–H groups in total. The molecular weight excluding hydrogens is 401 g/mol. The second-order valence-electron chi connectivity index (χ2n) is 7.09. The summed E-state index contributed by atoms with van der Waals surface area (Å²) in [7, 11) is 3.32. The number of halogens is 3. The summed E-state index contributed by atoms with van der Waals surface area (Å²) in [5.41, 5.74) is 0.260. The first-order chi connectivity index (χ1) is 13.9. The zero-order valence-corrected chi connectivity index (χ0v) is 17.3. The van der Waals surface area contributed by atoms with Gasteiger partial charge in [0.05, 0.1) is 13.7 Å². The number of guanidine groups is 1. The second-order valence-corrected chi connectivity index (χ2v) is 8.03. The highest BCUT2D eigenvalue weighted by molar-refractivity contribution is 7.09. The predicted molar refractivity (Wildman–Crippen MR) is 108 cm³/mol. The van der Waals surface area contributed by atoms with Gasteiger partial charge in [0.2, 0.25) is 0 Å². The number of ether oxygens (including phenoxy) is 1. The van der Waals surface area contributed by atoms with Gasteiger partial charge in [-0.15, -0.1) is 11.3 Å². The monoisotopic (exact) mass is 426 g/mol. The molecule has 1 aromatic heterocycles. The van der Waals surface area contributed by atoms with Crippen molar-refractivity contribution in [1.82, 2.24) is 15.6 Å². The third kappa shape index (κ3) is 5.01. The number of nitrogens with one attached hydrogen (secondary N) is 2. The summed E-state index contributed by atoms with van der Waals surface area (Å²) in [6.07, 6.45) is -0.0496. The third-order valence-electron chi connectivity index (χ3n) is 5.31. The fourth-order valence-corrected chi connectivity index (χ4v) is 4.57. The van der Waals surface area contributed by atoms with E-state index in [9.17, 15) is 13.2 Å². The minimum absolute atomic E-state index is 0.0607. The predicted octanol–water partition coefficient (Wildman–Crippen LogP) is 4.35. The molecule has 29 heavy (non-hydrogen) atoms. The first kappa shape index (κ1) is 21.4. The number of rotatable bonds is 6. The van der Waals surface area contributed by atoms with Gasteiger partial charge in [0, 0.05) is 30.0 Å². The van der Waals surface area contributed by atoms with Crippen LogP contribution in [-0.4, -0.2) is 31.6 Å². The molecule has 1 saturated carbocycles. The Bertz CT molecular complexity index is 844. The number of thiazole rings is 1. The van der Waals surface area contributed by atoms with Crippen LogP contribution in [-0.2, 0) is 18.1 Å². The van der Waals surface area contributed by atoms with Gasteiger partial charge in [-0.25, -0.2) is 4.98 Å². The zero-order chi connectivity index (χ0) is 20.9. The first-order valence-electron chi connectivity index (χ1n) is 9.47. The van der Waals surface area contributed by atoms with Gasteiger partial charge in [0.1, 0.15) is 10.8 Å². The highest BCUT2D eigenvalue weighted by atomic mass is 32.1. The van der Waals surface area contributed by atoms with Crippen molar-refractivity contribution in [2.45, 2.75) is 43.8 Å². The summed E-state index contributed by atoms with van der Waals surface area (Å²) in [6, 6.07) is 8.06. The molecule has 0 unspecified atom stereocenters. The van der Waals surface area contributed by atoms with Gasteiger partial charge in [-0.3, -0.25) is 4.99 Å². The molecule has 3 rings (SSSR count). The Kier molecular flexibility index (Phi) is 6.66. The van der Waals surface area contributed by atoms with E-state index in [1.54, 1.807) is 14.2 Å². The van der Waals surface area contributed by atoms with Crippen molar-refractivity contribution < 1.29 is 17.9 Å². The number of hydrogen-bond donors (Lipinski definition) is 2. The highest BCUT2D eigenvalue weighted by Gasteiger charge is 2.38. The largest absolute Gasteiger partial charge is 0.496 e. The van der Waals surface area contributed by atoms with Crippen molar-refractivity contribution in [2.75, 3.05) is 20.7 Å². The van der Waals surface area contributed by atoms with Gasteiger partial charge in [0.15, 0.2) is 11.7 Å². The van der Waals surface area contributed by atoms with Gasteiger partial charge in [-0.2, -0.15) is 13.2 Å². The Balaban J connectivity index is 1.65. The Morgan fingerprint density at radius 2 is 1.97 bits per heavy atom. The Labute approximate surface area is 172 Å². The van der Waals surface area contributed by atoms with Crippen molar-refractivity contribution in [3.63, 3.8) is 0 Å². The molecule has 1 heterocycles. The molecule has 0 amide bonds. The molecule has 0 saturated heterocycles. The van der Waals surface area contributed by atoms with Crippen LogP contribution in [0, 0.1) is 0 Å². The molecule has 0 radical (unpaired) electrons. The van der Waals surface area contributed by atoms with Gasteiger partial charge in [-0.05, 0) is 18.9 Å². The molecule has 1 aliphatic rings. The molecule has 5 nitrogen and oxygen atoms in total. The third-order valence-corrected chi connectivity index (χ3v) is 6.15. The quantitative estimate of drug-likeness (QED) is 0.533. The van der Waals surface area contributed by atoms with Crippen LogP contribution in [0.15, 0.2) is 34.6 Å². The molecule has 158 valence electrons. The minimum atomic E-state index is -4.42. The van der Waals surface area contributed by atoms with E-state index in [0.717, 1.165) is 48.1 Å². The van der Waals surface area contributed by atoms with Crippen molar-refractivity contribution >= 4 is 17.3 Å². The molecule has 1 fully saturated rings. The van der Waals surface area contributed by atoms with E-state index in [-0.39, 0.29) is 12.0 Å². The van der Waals surface area contributed by atoms with Crippen LogP contribution < -0.4 is 15.4 Å². The maximum absolute atomic E-state index is 12.7. The Morgan fingerprint density at radius 1 is 1.24 bits per heavy atom. The van der Waals surface area contributed by atoms with Crippen LogP contribution in [0.4, 0.5) is 13.2 Å². The van der Waals surface area contributed by atoms with E-state index >= 15 is 0 Å². The Morgan fingerprint density at radius 3 is 2.59 bits per heavy atom. The molecule has 0 aliphatic heterocycles. The topological polar surface area (TPSA) is 58.5 Å². The molecule has 1 aliphatic carbocycles. The number of para-hydroxylation sites is 1. The van der Waals surface area contributed by atoms with Crippen molar-refractivity contribution in [2.24, 2.45) is 4.99 Å². The molecule has 0 bridgehead atoms. The van der Waals surface area contributed by atoms with E-state index in [1.807, 2.05) is 18.2 Å². The molecule has 1 aromatic carbocycles. The lowest BCUT2D eigenvalue weighted by Crippen LogP contribution is -2.44. The second kappa shape index (κ2) is 9.02. The number of alkyl halides is 3. The maximum atomic E-state index is 12.7. The lowest BCUT2D eigenvalue weighted by molar-refractivity contribution is -0.140. The minimum Gasteiger partial charge on any atom is -0.496 e. The number of hydrogen-bond acceptors (Lipinski definition) is 4. The zero-order valence-electron chi connectivity index (χ0n) is 16.5. The molecule has 9 heteroatoms. The van der Waals surface area contributed by atoms with E-state index in [0.29, 0.717) is 17.5 Å². The first-order valence-corrected chi connectivity index (χ1v) is 10.4. The summed E-state index contributed by atoms with van der Waals surface area (Å²) >= 11 is 0.980. The summed E-state index contributed by atoms with van der Waals surface area (Å²) in [6.45, 7) is 0.848. The molecular formula is C20H25F3N4OS. The van der Waals surface area contributed by atoms with E-state index in [2.05, 4.69) is 26.7 Å². The van der Waals surface area contributed by atoms with Crippen molar-refractivity contribution in [3.05, 3.63) is 45.9 Å². The van der Waals surface area contributed by atoms with Gasteiger partial charge in [0.25, 0.3) is 0 Å². The maximum Gasteiger partial charge on any atom is 0.434 e. The van der Waals surface area contributed by atoms with Crippen LogP contribution >= 0.6 is 11.3 Å². The van der Waals surface area contributed by atoms with Gasteiger partial charge in [-0.1, -0.05) is 31.0 Å². The average molecular weight is 427 g/mol. The molecule has 0 atom stereocenters. The number of aromatic nitrogens is 1. The summed E-state index contributed by atoms with van der Waals surface area (Å²) < 4.78 is 43.7. The van der Waals surface area contributed by atoms with E-state index in [4.69, 9.17) is 4.74 Å². The number of aliphatic imine (C=N–C) groups is 1. The fourth-order valence-electron chi connectivity index (χ4n) is 3.83. The van der Waals surface area contributed by atoms with Crippen LogP contribution in [0.25, 0.3) is 0 Å². The van der Waals surface area contributed by atoms with Crippen LogP contribution in [0.3, 0.4) is 0 Å². The average Bonchev–Trinajstić information content (AvgIpc) is 3.38. The summed E-state index contributed by atoms with van der Waals surface area (Å²) in [5.74, 6) is 1.41. The Hall–Kier alpha value is -2.29. The van der Waals surface area contributed by atoms with Crippen molar-refractivity contribution in [3.8, 4) is 5.75 Å². The summed E-state index contributed by atoms with van der Waals surface area (Å²) in [4.78, 5) is 7.85. The lowest BCUT2D eigenvalue weighted by atomic mass is 9.78. The van der Waals surface area contributed by atoms with E-state index < -0.39 is 11.9 Å². The van der Waals surface area contributed by atoms with Crippen LogP contribution in [0.2, 0.25) is 0 Å². The fraction of sp³-hybridized carbons (Fsp3) is 0.500. The van der Waals surface area contributed by atoms with Gasteiger partial charge < -0.3 is 15.4 Å².